The second kappa shape index (κ2) is 8.56. The SMILES string of the molecule is O=C1c2ccccc2[C@@H](c2c(-c3ccc(Cl)cc3Cl)[nH]c3ccccc23)N1Cc1ccc(F)cc1. The van der Waals surface area contributed by atoms with Crippen molar-refractivity contribution in [3.8, 4) is 11.3 Å². The lowest BCUT2D eigenvalue weighted by Gasteiger charge is -2.27. The second-order valence-corrected chi connectivity index (χ2v) is 9.48. The molecule has 0 spiro atoms. The van der Waals surface area contributed by atoms with Crippen LogP contribution in [0, 0.1) is 5.82 Å². The molecule has 1 aliphatic rings. The zero-order valence-corrected chi connectivity index (χ0v) is 19.9. The van der Waals surface area contributed by atoms with Crippen molar-refractivity contribution >= 4 is 40.0 Å². The maximum atomic E-state index is 13.7. The monoisotopic (exact) mass is 500 g/mol. The number of rotatable bonds is 4. The molecule has 3 nitrogen and oxygen atoms in total. The molecule has 2 heterocycles. The Bertz CT molecular complexity index is 1590. The Morgan fingerprint density at radius 2 is 1.60 bits per heavy atom. The summed E-state index contributed by atoms with van der Waals surface area (Å²) in [6.45, 7) is 0.339. The van der Waals surface area contributed by atoms with Crippen molar-refractivity contribution in [2.75, 3.05) is 0 Å². The Labute approximate surface area is 211 Å². The molecule has 1 aromatic heterocycles. The van der Waals surface area contributed by atoms with Crippen molar-refractivity contribution in [2.24, 2.45) is 0 Å². The maximum Gasteiger partial charge on any atom is 0.255 e. The number of aromatic amines is 1. The van der Waals surface area contributed by atoms with Crippen LogP contribution in [-0.2, 0) is 6.54 Å². The highest BCUT2D eigenvalue weighted by atomic mass is 35.5. The standard InChI is InChI=1S/C29H19Cl2FN2O/c30-18-11-14-22(24(31)15-18)27-26(23-7-3-4-8-25(23)33-27)28-20-5-1-2-6-21(20)29(35)34(28)16-17-9-12-19(32)13-10-17/h1-15,28,33H,16H2/t28-/m0/s1. The zero-order chi connectivity index (χ0) is 24.1. The van der Waals surface area contributed by atoms with Crippen LogP contribution in [0.25, 0.3) is 22.2 Å². The molecule has 0 radical (unpaired) electrons. The van der Waals surface area contributed by atoms with Crippen LogP contribution in [0.2, 0.25) is 10.0 Å². The molecule has 0 saturated carbocycles. The summed E-state index contributed by atoms with van der Waals surface area (Å²) in [5.41, 5.74) is 6.00. The molecule has 6 rings (SSSR count). The summed E-state index contributed by atoms with van der Waals surface area (Å²) in [6.07, 6.45) is 0. The van der Waals surface area contributed by atoms with E-state index >= 15 is 0 Å². The van der Waals surface area contributed by atoms with Gasteiger partial charge in [-0.3, -0.25) is 4.79 Å². The molecule has 0 aliphatic carbocycles. The number of para-hydroxylation sites is 1. The van der Waals surface area contributed by atoms with Gasteiger partial charge in [0.25, 0.3) is 5.91 Å². The van der Waals surface area contributed by atoms with Crippen LogP contribution in [0.1, 0.15) is 33.1 Å². The van der Waals surface area contributed by atoms with Crippen LogP contribution in [-0.4, -0.2) is 15.8 Å². The number of amides is 1. The molecule has 1 amide bonds. The lowest BCUT2D eigenvalue weighted by atomic mass is 9.93. The predicted molar refractivity (Wildman–Crippen MR) is 138 cm³/mol. The van der Waals surface area contributed by atoms with E-state index in [4.69, 9.17) is 23.2 Å². The van der Waals surface area contributed by atoms with Crippen molar-refractivity contribution < 1.29 is 9.18 Å². The summed E-state index contributed by atoms with van der Waals surface area (Å²) < 4.78 is 13.6. The first-order valence-electron chi connectivity index (χ1n) is 11.2. The highest BCUT2D eigenvalue weighted by Crippen LogP contribution is 2.47. The van der Waals surface area contributed by atoms with Gasteiger partial charge < -0.3 is 9.88 Å². The number of carbonyl (C=O) groups is 1. The van der Waals surface area contributed by atoms with Crippen molar-refractivity contribution in [1.82, 2.24) is 9.88 Å². The number of nitrogens with one attached hydrogen (secondary N) is 1. The van der Waals surface area contributed by atoms with Gasteiger partial charge in [0, 0.05) is 39.2 Å². The molecule has 6 heteroatoms. The van der Waals surface area contributed by atoms with Gasteiger partial charge in [-0.15, -0.1) is 0 Å². The van der Waals surface area contributed by atoms with E-state index in [0.29, 0.717) is 22.2 Å². The number of hydrogen-bond donors (Lipinski definition) is 1. The lowest BCUT2D eigenvalue weighted by Crippen LogP contribution is -2.28. The van der Waals surface area contributed by atoms with Gasteiger partial charge in [0.1, 0.15) is 5.82 Å². The molecule has 35 heavy (non-hydrogen) atoms. The van der Waals surface area contributed by atoms with E-state index in [9.17, 15) is 9.18 Å². The third-order valence-corrected chi connectivity index (χ3v) is 7.09. The summed E-state index contributed by atoms with van der Waals surface area (Å²) in [5, 5.41) is 2.08. The van der Waals surface area contributed by atoms with Gasteiger partial charge in [0.15, 0.2) is 0 Å². The molecule has 4 aromatic carbocycles. The molecule has 0 bridgehead atoms. The molecule has 1 atom stereocenters. The maximum absolute atomic E-state index is 13.7. The number of hydrogen-bond acceptors (Lipinski definition) is 1. The minimum absolute atomic E-state index is 0.0617. The van der Waals surface area contributed by atoms with Gasteiger partial charge in [-0.25, -0.2) is 4.39 Å². The topological polar surface area (TPSA) is 36.1 Å². The van der Waals surface area contributed by atoms with E-state index in [2.05, 4.69) is 11.1 Å². The van der Waals surface area contributed by atoms with E-state index in [1.165, 1.54) is 12.1 Å². The molecule has 5 aromatic rings. The van der Waals surface area contributed by atoms with Crippen molar-refractivity contribution in [3.05, 3.63) is 129 Å². The number of halogens is 3. The Balaban J connectivity index is 1.60. The first-order chi connectivity index (χ1) is 17.0. The number of nitrogens with zero attached hydrogens (tertiary/aromatic N) is 1. The summed E-state index contributed by atoms with van der Waals surface area (Å²) in [7, 11) is 0. The molecule has 172 valence electrons. The summed E-state index contributed by atoms with van der Waals surface area (Å²) >= 11 is 12.8. The van der Waals surface area contributed by atoms with Crippen LogP contribution in [0.15, 0.2) is 91.0 Å². The van der Waals surface area contributed by atoms with Gasteiger partial charge in [-0.05, 0) is 53.6 Å². The van der Waals surface area contributed by atoms with E-state index in [1.54, 1.807) is 18.2 Å². The third kappa shape index (κ3) is 3.70. The quantitative estimate of drug-likeness (QED) is 0.266. The van der Waals surface area contributed by atoms with Crippen LogP contribution >= 0.6 is 23.2 Å². The summed E-state index contributed by atoms with van der Waals surface area (Å²) in [6, 6.07) is 27.0. The van der Waals surface area contributed by atoms with Crippen LogP contribution in [0.4, 0.5) is 4.39 Å². The van der Waals surface area contributed by atoms with Crippen LogP contribution in [0.5, 0.6) is 0 Å². The molecule has 1 N–H and O–H groups in total. The third-order valence-electron chi connectivity index (χ3n) is 6.54. The number of benzene rings is 4. The van der Waals surface area contributed by atoms with Gasteiger partial charge in [0.05, 0.1) is 16.8 Å². The van der Waals surface area contributed by atoms with Gasteiger partial charge in [0.2, 0.25) is 0 Å². The van der Waals surface area contributed by atoms with E-state index < -0.39 is 0 Å². The second-order valence-electron chi connectivity index (χ2n) is 8.63. The van der Waals surface area contributed by atoms with E-state index in [1.807, 2.05) is 59.5 Å². The van der Waals surface area contributed by atoms with Gasteiger partial charge in [-0.2, -0.15) is 0 Å². The summed E-state index contributed by atoms with van der Waals surface area (Å²) in [5.74, 6) is -0.369. The van der Waals surface area contributed by atoms with Crippen LogP contribution < -0.4 is 0 Å². The fourth-order valence-corrected chi connectivity index (χ4v) is 5.49. The van der Waals surface area contributed by atoms with Crippen molar-refractivity contribution in [1.29, 1.82) is 0 Å². The number of aromatic nitrogens is 1. The number of carbonyl (C=O) groups excluding carboxylic acids is 1. The normalized spacial score (nSPS) is 15.1. The van der Waals surface area contributed by atoms with Crippen molar-refractivity contribution in [3.63, 3.8) is 0 Å². The number of fused-ring (bicyclic) bond motifs is 2. The first kappa shape index (κ1) is 21.9. The Kier molecular flexibility index (Phi) is 5.36. The average Bonchev–Trinajstić information content (AvgIpc) is 3.36. The number of H-pyrrole nitrogens is 1. The summed E-state index contributed by atoms with van der Waals surface area (Å²) in [4.78, 5) is 19.1. The minimum atomic E-state index is -0.360. The lowest BCUT2D eigenvalue weighted by molar-refractivity contribution is 0.0737. The average molecular weight is 501 g/mol. The highest BCUT2D eigenvalue weighted by Gasteiger charge is 2.40. The highest BCUT2D eigenvalue weighted by molar-refractivity contribution is 6.36. The largest absolute Gasteiger partial charge is 0.354 e. The van der Waals surface area contributed by atoms with Gasteiger partial charge in [-0.1, -0.05) is 71.7 Å². The fraction of sp³-hybridized carbons (Fsp3) is 0.0690. The Morgan fingerprint density at radius 1 is 0.857 bits per heavy atom. The van der Waals surface area contributed by atoms with Crippen LogP contribution in [0.3, 0.4) is 0 Å². The first-order valence-corrected chi connectivity index (χ1v) is 12.0. The van der Waals surface area contributed by atoms with Gasteiger partial charge >= 0.3 is 0 Å². The smallest absolute Gasteiger partial charge is 0.255 e. The van der Waals surface area contributed by atoms with E-state index in [0.717, 1.165) is 38.9 Å². The van der Waals surface area contributed by atoms with E-state index in [-0.39, 0.29) is 17.8 Å². The van der Waals surface area contributed by atoms with Crippen molar-refractivity contribution in [2.45, 2.75) is 12.6 Å². The predicted octanol–water partition coefficient (Wildman–Crippen LogP) is 8.03. The molecule has 0 unspecified atom stereocenters. The molecule has 0 saturated heterocycles. The Hall–Kier alpha value is -3.60. The molecular weight excluding hydrogens is 482 g/mol. The molecule has 0 fully saturated rings. The fourth-order valence-electron chi connectivity index (χ4n) is 4.98. The zero-order valence-electron chi connectivity index (χ0n) is 18.4. The Morgan fingerprint density at radius 3 is 2.40 bits per heavy atom. The minimum Gasteiger partial charge on any atom is -0.354 e. The molecular formula is C29H19Cl2FN2O. The molecule has 1 aliphatic heterocycles.